The summed E-state index contributed by atoms with van der Waals surface area (Å²) >= 11 is 0. The number of nitrogens with one attached hydrogen (secondary N) is 1. The van der Waals surface area contributed by atoms with Gasteiger partial charge in [-0.2, -0.15) is 5.10 Å². The summed E-state index contributed by atoms with van der Waals surface area (Å²) < 4.78 is 28.3. The van der Waals surface area contributed by atoms with Gasteiger partial charge in [-0.25, -0.2) is 13.6 Å². The fraction of sp³-hybridized carbons (Fsp3) is 0.412. The van der Waals surface area contributed by atoms with Crippen LogP contribution < -0.4 is 5.32 Å². The minimum absolute atomic E-state index is 0.0675. The smallest absolute Gasteiger partial charge is 0.319 e. The van der Waals surface area contributed by atoms with Crippen molar-refractivity contribution in [2.75, 3.05) is 11.9 Å². The Labute approximate surface area is 139 Å². The second kappa shape index (κ2) is 5.89. The highest BCUT2D eigenvalue weighted by Gasteiger charge is 2.44. The first-order valence-corrected chi connectivity index (χ1v) is 7.82. The standard InChI is InChI=1S/C17H20F2N4O/c1-17(2)12(11-4-5-13(18)14(19)10-11)6-9-23(17)16(24)20-15-7-8-22(3)21-15/h4-5,7-8,10,12H,6,9H2,1-3H3,(H,20,21,24). The summed E-state index contributed by atoms with van der Waals surface area (Å²) in [5, 5.41) is 6.91. The number of amides is 2. The molecule has 0 bridgehead atoms. The van der Waals surface area contributed by atoms with Crippen LogP contribution in [0.3, 0.4) is 0 Å². The van der Waals surface area contributed by atoms with Crippen LogP contribution in [-0.4, -0.2) is 32.8 Å². The number of carbonyl (C=O) groups excluding carboxylic acids is 1. The molecule has 0 saturated carbocycles. The average molecular weight is 334 g/mol. The Hall–Kier alpha value is -2.44. The van der Waals surface area contributed by atoms with E-state index in [1.165, 1.54) is 6.07 Å². The van der Waals surface area contributed by atoms with Crippen molar-refractivity contribution in [1.29, 1.82) is 0 Å². The summed E-state index contributed by atoms with van der Waals surface area (Å²) in [5.41, 5.74) is 0.176. The fourth-order valence-electron chi connectivity index (χ4n) is 3.41. The molecule has 3 rings (SSSR count). The van der Waals surface area contributed by atoms with Gasteiger partial charge in [0, 0.05) is 37.3 Å². The number of urea groups is 1. The zero-order valence-corrected chi connectivity index (χ0v) is 13.9. The molecular formula is C17H20F2N4O. The van der Waals surface area contributed by atoms with Gasteiger partial charge in [0.25, 0.3) is 0 Å². The largest absolute Gasteiger partial charge is 0.323 e. The molecule has 1 aromatic heterocycles. The van der Waals surface area contributed by atoms with E-state index in [0.29, 0.717) is 24.3 Å². The van der Waals surface area contributed by atoms with Crippen LogP contribution in [0, 0.1) is 11.6 Å². The highest BCUT2D eigenvalue weighted by molar-refractivity contribution is 5.89. The number of rotatable bonds is 2. The number of anilines is 1. The van der Waals surface area contributed by atoms with Crippen molar-refractivity contribution in [3.05, 3.63) is 47.7 Å². The van der Waals surface area contributed by atoms with Crippen LogP contribution in [0.25, 0.3) is 0 Å². The second-order valence-electron chi connectivity index (χ2n) is 6.62. The third kappa shape index (κ3) is 2.86. The number of aromatic nitrogens is 2. The van der Waals surface area contributed by atoms with E-state index < -0.39 is 17.2 Å². The van der Waals surface area contributed by atoms with Gasteiger partial charge in [-0.05, 0) is 38.0 Å². The van der Waals surface area contributed by atoms with Crippen molar-refractivity contribution in [2.45, 2.75) is 31.7 Å². The number of hydrogen-bond donors (Lipinski definition) is 1. The Morgan fingerprint density at radius 3 is 2.67 bits per heavy atom. The van der Waals surface area contributed by atoms with Gasteiger partial charge < -0.3 is 4.90 Å². The Morgan fingerprint density at radius 1 is 1.29 bits per heavy atom. The van der Waals surface area contributed by atoms with Crippen LogP contribution in [0.2, 0.25) is 0 Å². The summed E-state index contributed by atoms with van der Waals surface area (Å²) in [4.78, 5) is 14.3. The van der Waals surface area contributed by atoms with Crippen molar-refractivity contribution < 1.29 is 13.6 Å². The van der Waals surface area contributed by atoms with Crippen molar-refractivity contribution in [2.24, 2.45) is 7.05 Å². The summed E-state index contributed by atoms with van der Waals surface area (Å²) in [6.07, 6.45) is 2.43. The number of aryl methyl sites for hydroxylation is 1. The lowest BCUT2D eigenvalue weighted by atomic mass is 9.83. The number of likely N-dealkylation sites (tertiary alicyclic amines) is 1. The first-order chi connectivity index (χ1) is 11.3. The summed E-state index contributed by atoms with van der Waals surface area (Å²) in [7, 11) is 1.77. The highest BCUT2D eigenvalue weighted by Crippen LogP contribution is 2.42. The van der Waals surface area contributed by atoms with Gasteiger partial charge in [-0.1, -0.05) is 6.07 Å². The van der Waals surface area contributed by atoms with Gasteiger partial charge in [0.05, 0.1) is 0 Å². The fourth-order valence-corrected chi connectivity index (χ4v) is 3.41. The molecule has 0 aliphatic carbocycles. The van der Waals surface area contributed by atoms with E-state index in [1.807, 2.05) is 13.8 Å². The third-order valence-corrected chi connectivity index (χ3v) is 4.73. The molecule has 1 aliphatic heterocycles. The Bertz CT molecular complexity index is 772. The van der Waals surface area contributed by atoms with Crippen LogP contribution in [0.1, 0.15) is 31.7 Å². The molecule has 0 radical (unpaired) electrons. The molecule has 5 nitrogen and oxygen atoms in total. The number of hydrogen-bond acceptors (Lipinski definition) is 2. The molecule has 1 saturated heterocycles. The van der Waals surface area contributed by atoms with E-state index in [4.69, 9.17) is 0 Å². The monoisotopic (exact) mass is 334 g/mol. The molecule has 2 amide bonds. The Balaban J connectivity index is 1.79. The summed E-state index contributed by atoms with van der Waals surface area (Å²) in [5.74, 6) is -1.31. The first kappa shape index (κ1) is 16.4. The minimum atomic E-state index is -0.862. The van der Waals surface area contributed by atoms with Gasteiger partial charge in [0.15, 0.2) is 17.5 Å². The van der Waals surface area contributed by atoms with Crippen LogP contribution in [0.15, 0.2) is 30.5 Å². The average Bonchev–Trinajstić information content (AvgIpc) is 3.04. The van der Waals surface area contributed by atoms with Crippen LogP contribution in [0.4, 0.5) is 19.4 Å². The number of halogens is 2. The van der Waals surface area contributed by atoms with Gasteiger partial charge in [0.1, 0.15) is 0 Å². The van der Waals surface area contributed by atoms with Gasteiger partial charge in [-0.15, -0.1) is 0 Å². The SMILES string of the molecule is Cn1ccc(NC(=O)N2CCC(c3ccc(F)c(F)c3)C2(C)C)n1. The molecule has 128 valence electrons. The van der Waals surface area contributed by atoms with Crippen molar-refractivity contribution in [3.63, 3.8) is 0 Å². The van der Waals surface area contributed by atoms with E-state index in [2.05, 4.69) is 10.4 Å². The molecule has 1 aromatic carbocycles. The molecule has 1 fully saturated rings. The maximum absolute atomic E-state index is 13.6. The van der Waals surface area contributed by atoms with Crippen molar-refractivity contribution in [1.82, 2.24) is 14.7 Å². The Morgan fingerprint density at radius 2 is 2.04 bits per heavy atom. The number of nitrogens with zero attached hydrogens (tertiary/aromatic N) is 3. The predicted octanol–water partition coefficient (Wildman–Crippen LogP) is 3.50. The zero-order chi connectivity index (χ0) is 17.5. The summed E-state index contributed by atoms with van der Waals surface area (Å²) in [6, 6.07) is 5.42. The van der Waals surface area contributed by atoms with Gasteiger partial charge in [-0.3, -0.25) is 10.00 Å². The van der Waals surface area contributed by atoms with Crippen LogP contribution in [0.5, 0.6) is 0 Å². The lowest BCUT2D eigenvalue weighted by Gasteiger charge is -2.36. The molecule has 1 aliphatic rings. The molecular weight excluding hydrogens is 314 g/mol. The molecule has 24 heavy (non-hydrogen) atoms. The maximum atomic E-state index is 13.6. The van der Waals surface area contributed by atoms with E-state index in [-0.39, 0.29) is 11.9 Å². The number of carbonyl (C=O) groups is 1. The lowest BCUT2D eigenvalue weighted by Crippen LogP contribution is -2.47. The maximum Gasteiger partial charge on any atom is 0.323 e. The topological polar surface area (TPSA) is 50.2 Å². The molecule has 2 aromatic rings. The number of benzene rings is 1. The first-order valence-electron chi connectivity index (χ1n) is 7.82. The van der Waals surface area contributed by atoms with Gasteiger partial charge >= 0.3 is 6.03 Å². The normalized spacial score (nSPS) is 19.5. The molecule has 0 spiro atoms. The molecule has 1 N–H and O–H groups in total. The molecule has 7 heteroatoms. The highest BCUT2D eigenvalue weighted by atomic mass is 19.2. The van der Waals surface area contributed by atoms with Crippen LogP contribution in [-0.2, 0) is 7.05 Å². The predicted molar refractivity (Wildman–Crippen MR) is 86.7 cm³/mol. The van der Waals surface area contributed by atoms with E-state index in [1.54, 1.807) is 35.0 Å². The molecule has 2 heterocycles. The Kier molecular flexibility index (Phi) is 4.03. The van der Waals surface area contributed by atoms with Gasteiger partial charge in [0.2, 0.25) is 0 Å². The summed E-state index contributed by atoms with van der Waals surface area (Å²) in [6.45, 7) is 4.41. The third-order valence-electron chi connectivity index (χ3n) is 4.73. The molecule has 1 unspecified atom stereocenters. The zero-order valence-electron chi connectivity index (χ0n) is 13.9. The quantitative estimate of drug-likeness (QED) is 0.914. The molecule has 1 atom stereocenters. The lowest BCUT2D eigenvalue weighted by molar-refractivity contribution is 0.171. The second-order valence-corrected chi connectivity index (χ2v) is 6.62. The van der Waals surface area contributed by atoms with Crippen molar-refractivity contribution >= 4 is 11.8 Å². The van der Waals surface area contributed by atoms with Crippen molar-refractivity contribution in [3.8, 4) is 0 Å². The van der Waals surface area contributed by atoms with E-state index in [9.17, 15) is 13.6 Å². The minimum Gasteiger partial charge on any atom is -0.319 e. The van der Waals surface area contributed by atoms with Crippen LogP contribution >= 0.6 is 0 Å². The van der Waals surface area contributed by atoms with E-state index in [0.717, 1.165) is 6.07 Å². The van der Waals surface area contributed by atoms with E-state index >= 15 is 0 Å².